The Morgan fingerprint density at radius 3 is 1.60 bits per heavy atom. The minimum Gasteiger partial charge on any atom is -0.228 e. The van der Waals surface area contributed by atoms with Gasteiger partial charge in [-0.3, -0.25) is 0 Å². The quantitative estimate of drug-likeness (QED) is 0.160. The van der Waals surface area contributed by atoms with Crippen LogP contribution in [-0.4, -0.2) is 9.97 Å². The van der Waals surface area contributed by atoms with E-state index >= 15 is 0 Å². The molecule has 0 atom stereocenters. The lowest BCUT2D eigenvalue weighted by molar-refractivity contribution is 0.768. The van der Waals surface area contributed by atoms with Crippen LogP contribution in [0.15, 0.2) is 231 Å². The van der Waals surface area contributed by atoms with Crippen molar-refractivity contribution >= 4 is 31.5 Å². The highest BCUT2D eigenvalue weighted by atomic mass is 32.1. The summed E-state index contributed by atoms with van der Waals surface area (Å²) in [6.07, 6.45) is 0. The fourth-order valence-electron chi connectivity index (χ4n) is 9.68. The summed E-state index contributed by atoms with van der Waals surface area (Å²) in [7, 11) is 0. The average Bonchev–Trinajstić information content (AvgIpc) is 3.88. The molecule has 0 amide bonds. The third kappa shape index (κ3) is 5.93. The van der Waals surface area contributed by atoms with Crippen molar-refractivity contribution in [1.82, 2.24) is 9.97 Å². The molecular formula is C59H38N2S. The number of thiophene rings is 1. The fourth-order valence-corrected chi connectivity index (χ4v) is 10.8. The van der Waals surface area contributed by atoms with Gasteiger partial charge in [-0.1, -0.05) is 200 Å². The fraction of sp³-hybridized carbons (Fsp3) is 0.0169. The smallest absolute Gasteiger partial charge is 0.160 e. The van der Waals surface area contributed by atoms with E-state index in [1.165, 1.54) is 70.2 Å². The van der Waals surface area contributed by atoms with E-state index in [1.54, 1.807) is 0 Å². The molecule has 0 unspecified atom stereocenters. The van der Waals surface area contributed by atoms with E-state index < -0.39 is 5.41 Å². The van der Waals surface area contributed by atoms with E-state index in [-0.39, 0.29) is 0 Å². The van der Waals surface area contributed by atoms with Gasteiger partial charge in [0.2, 0.25) is 0 Å². The molecule has 12 rings (SSSR count). The van der Waals surface area contributed by atoms with Crippen LogP contribution in [0.25, 0.3) is 87.5 Å². The Morgan fingerprint density at radius 1 is 0.306 bits per heavy atom. The topological polar surface area (TPSA) is 25.8 Å². The molecule has 62 heavy (non-hydrogen) atoms. The van der Waals surface area contributed by atoms with Gasteiger partial charge >= 0.3 is 0 Å². The molecule has 9 aromatic carbocycles. The highest BCUT2D eigenvalue weighted by Gasteiger charge is 2.46. The predicted molar refractivity (Wildman–Crippen MR) is 259 cm³/mol. The van der Waals surface area contributed by atoms with Crippen molar-refractivity contribution in [3.05, 3.63) is 253 Å². The Morgan fingerprint density at radius 2 is 0.839 bits per heavy atom. The summed E-state index contributed by atoms with van der Waals surface area (Å²) in [4.78, 5) is 10.5. The number of benzene rings is 9. The van der Waals surface area contributed by atoms with Crippen LogP contribution in [0.3, 0.4) is 0 Å². The van der Waals surface area contributed by atoms with Crippen LogP contribution in [0.1, 0.15) is 22.3 Å². The zero-order valence-electron chi connectivity index (χ0n) is 33.7. The molecule has 0 saturated heterocycles. The molecule has 0 spiro atoms. The minimum absolute atomic E-state index is 0.499. The maximum Gasteiger partial charge on any atom is 0.160 e. The summed E-state index contributed by atoms with van der Waals surface area (Å²) in [5.74, 6) is 0.701. The first-order valence-electron chi connectivity index (χ1n) is 21.1. The maximum absolute atomic E-state index is 5.29. The predicted octanol–water partition coefficient (Wildman–Crippen LogP) is 15.5. The molecule has 2 nitrogen and oxygen atoms in total. The standard InChI is InChI=1S/C59H38N2S/c1-4-15-41(16-5-1)58-60-54(40-29-27-39(28-30-40)42-17-14-18-43(35-42)44-31-34-51-50-24-11-13-26-56(50)62-57(51)37-44)38-55(61-58)45-32-33-49-48-23-10-12-25-52(48)59(53(49)36-45,46-19-6-2-7-20-46)47-21-8-3-9-22-47/h1-38H. The molecule has 290 valence electrons. The molecule has 3 heteroatoms. The summed E-state index contributed by atoms with van der Waals surface area (Å²) in [6.45, 7) is 0. The average molecular weight is 807 g/mol. The van der Waals surface area contributed by atoms with Gasteiger partial charge in [0.15, 0.2) is 5.82 Å². The number of hydrogen-bond donors (Lipinski definition) is 0. The number of rotatable bonds is 7. The molecule has 1 aliphatic carbocycles. The largest absolute Gasteiger partial charge is 0.228 e. The highest BCUT2D eigenvalue weighted by Crippen LogP contribution is 2.56. The SMILES string of the molecule is c1ccc(-c2nc(-c3ccc(-c4cccc(-c5ccc6c(c5)sc5ccccc56)c4)cc3)cc(-c3ccc4c(c3)C(c3ccccc3)(c3ccccc3)c3ccccc3-4)n2)cc1. The van der Waals surface area contributed by atoms with Crippen LogP contribution < -0.4 is 0 Å². The summed E-state index contributed by atoms with van der Waals surface area (Å²) in [5, 5.41) is 2.64. The lowest BCUT2D eigenvalue weighted by atomic mass is 9.67. The summed E-state index contributed by atoms with van der Waals surface area (Å²) in [5.41, 5.74) is 16.6. The normalized spacial score (nSPS) is 12.6. The van der Waals surface area contributed by atoms with Gasteiger partial charge in [-0.2, -0.15) is 0 Å². The van der Waals surface area contributed by atoms with Crippen molar-refractivity contribution in [3.63, 3.8) is 0 Å². The first-order chi connectivity index (χ1) is 30.7. The van der Waals surface area contributed by atoms with Crippen molar-refractivity contribution in [2.24, 2.45) is 0 Å². The van der Waals surface area contributed by atoms with Crippen molar-refractivity contribution in [2.45, 2.75) is 5.41 Å². The Hall–Kier alpha value is -7.72. The van der Waals surface area contributed by atoms with Crippen molar-refractivity contribution in [2.75, 3.05) is 0 Å². The third-order valence-corrected chi connectivity index (χ3v) is 13.7. The molecule has 0 radical (unpaired) electrons. The van der Waals surface area contributed by atoms with Gasteiger partial charge in [-0.25, -0.2) is 9.97 Å². The van der Waals surface area contributed by atoms with Gasteiger partial charge in [0.25, 0.3) is 0 Å². The van der Waals surface area contributed by atoms with Crippen LogP contribution in [0, 0.1) is 0 Å². The van der Waals surface area contributed by atoms with Gasteiger partial charge in [-0.05, 0) is 86.0 Å². The molecule has 0 saturated carbocycles. The Balaban J connectivity index is 0.953. The van der Waals surface area contributed by atoms with Crippen LogP contribution in [0.4, 0.5) is 0 Å². The van der Waals surface area contributed by atoms with E-state index in [1.807, 2.05) is 17.4 Å². The van der Waals surface area contributed by atoms with E-state index in [4.69, 9.17) is 9.97 Å². The molecule has 2 heterocycles. The lowest BCUT2D eigenvalue weighted by Crippen LogP contribution is -2.28. The molecule has 0 N–H and O–H groups in total. The van der Waals surface area contributed by atoms with Crippen LogP contribution in [-0.2, 0) is 5.41 Å². The van der Waals surface area contributed by atoms with Gasteiger partial charge in [0.1, 0.15) is 0 Å². The summed E-state index contributed by atoms with van der Waals surface area (Å²) in [6, 6.07) is 83.4. The number of aromatic nitrogens is 2. The second kappa shape index (κ2) is 14.8. The third-order valence-electron chi connectivity index (χ3n) is 12.6. The van der Waals surface area contributed by atoms with Gasteiger partial charge < -0.3 is 0 Å². The number of fused-ring (bicyclic) bond motifs is 6. The molecule has 11 aromatic rings. The molecule has 0 bridgehead atoms. The minimum atomic E-state index is -0.499. The Bertz CT molecular complexity index is 3400. The van der Waals surface area contributed by atoms with Crippen LogP contribution in [0.2, 0.25) is 0 Å². The van der Waals surface area contributed by atoms with E-state index in [0.29, 0.717) is 5.82 Å². The van der Waals surface area contributed by atoms with Crippen molar-refractivity contribution in [3.8, 4) is 67.3 Å². The second-order valence-corrected chi connectivity index (χ2v) is 17.2. The lowest BCUT2D eigenvalue weighted by Gasteiger charge is -2.34. The summed E-state index contributed by atoms with van der Waals surface area (Å²) >= 11 is 1.86. The van der Waals surface area contributed by atoms with Gasteiger partial charge in [0.05, 0.1) is 16.8 Å². The number of hydrogen-bond acceptors (Lipinski definition) is 3. The maximum atomic E-state index is 5.29. The number of nitrogens with zero attached hydrogens (tertiary/aromatic N) is 2. The molecule has 2 aromatic heterocycles. The highest BCUT2D eigenvalue weighted by molar-refractivity contribution is 7.25. The monoisotopic (exact) mass is 806 g/mol. The first kappa shape index (κ1) is 36.2. The second-order valence-electron chi connectivity index (χ2n) is 16.1. The zero-order chi connectivity index (χ0) is 41.0. The Labute approximate surface area is 365 Å². The molecule has 0 fully saturated rings. The van der Waals surface area contributed by atoms with Crippen molar-refractivity contribution < 1.29 is 0 Å². The van der Waals surface area contributed by atoms with E-state index in [9.17, 15) is 0 Å². The van der Waals surface area contributed by atoms with Crippen LogP contribution in [0.5, 0.6) is 0 Å². The van der Waals surface area contributed by atoms with Gasteiger partial charge in [-0.15, -0.1) is 11.3 Å². The van der Waals surface area contributed by atoms with Crippen molar-refractivity contribution in [1.29, 1.82) is 0 Å². The first-order valence-corrected chi connectivity index (χ1v) is 22.0. The van der Waals surface area contributed by atoms with E-state index in [0.717, 1.165) is 33.6 Å². The summed E-state index contributed by atoms with van der Waals surface area (Å²) < 4.78 is 2.64. The van der Waals surface area contributed by atoms with Gasteiger partial charge in [0, 0.05) is 36.9 Å². The molecule has 0 aliphatic heterocycles. The van der Waals surface area contributed by atoms with E-state index in [2.05, 4.69) is 224 Å². The molecule has 1 aliphatic rings. The zero-order valence-corrected chi connectivity index (χ0v) is 34.6. The molecular weight excluding hydrogens is 769 g/mol. The Kier molecular flexibility index (Phi) is 8.62. The van der Waals surface area contributed by atoms with Crippen LogP contribution >= 0.6 is 11.3 Å².